The van der Waals surface area contributed by atoms with E-state index in [1.807, 2.05) is 13.0 Å². The van der Waals surface area contributed by atoms with E-state index in [1.54, 1.807) is 66.7 Å². The van der Waals surface area contributed by atoms with Gasteiger partial charge in [-0.1, -0.05) is 31.2 Å². The molecule has 0 aliphatic rings. The fraction of sp³-hybridized carbons (Fsp3) is 0.207. The highest BCUT2D eigenvalue weighted by Gasteiger charge is 2.24. The predicted octanol–water partition coefficient (Wildman–Crippen LogP) is 5.76. The van der Waals surface area contributed by atoms with Gasteiger partial charge in [0.1, 0.15) is 6.10 Å². The van der Waals surface area contributed by atoms with Crippen LogP contribution in [0, 0.1) is 17.2 Å². The van der Waals surface area contributed by atoms with E-state index in [0.717, 1.165) is 0 Å². The van der Waals surface area contributed by atoms with Gasteiger partial charge < -0.3 is 25.6 Å². The summed E-state index contributed by atoms with van der Waals surface area (Å²) in [6.07, 6.45) is 2.92. The van der Waals surface area contributed by atoms with Crippen molar-refractivity contribution < 1.29 is 24.2 Å². The molecule has 9 heteroatoms. The number of methoxy groups -OCH3 is 1. The lowest BCUT2D eigenvalue weighted by Gasteiger charge is -2.25. The van der Waals surface area contributed by atoms with Gasteiger partial charge in [0, 0.05) is 5.69 Å². The second kappa shape index (κ2) is 13.4. The second-order valence-corrected chi connectivity index (χ2v) is 8.60. The predicted molar refractivity (Wildman–Crippen MR) is 146 cm³/mol. The number of nitrogens with two attached hydrogens (primary N) is 1. The van der Waals surface area contributed by atoms with E-state index in [1.165, 1.54) is 19.3 Å². The molecule has 0 spiro atoms. The first-order valence-electron chi connectivity index (χ1n) is 12.0. The minimum absolute atomic E-state index is 0.0740. The number of hydrogen-bond acceptors (Lipinski definition) is 7. The normalized spacial score (nSPS) is 12.2. The van der Waals surface area contributed by atoms with Crippen LogP contribution < -0.4 is 21.1 Å². The van der Waals surface area contributed by atoms with Gasteiger partial charge in [0.15, 0.2) is 11.5 Å². The van der Waals surface area contributed by atoms with Crippen LogP contribution >= 0.6 is 0 Å². The summed E-state index contributed by atoms with van der Waals surface area (Å²) < 4.78 is 10.9. The van der Waals surface area contributed by atoms with Crippen LogP contribution in [-0.2, 0) is 9.53 Å². The van der Waals surface area contributed by atoms with Crippen molar-refractivity contribution in [2.24, 2.45) is 5.92 Å². The van der Waals surface area contributed by atoms with Crippen LogP contribution in [0.1, 0.15) is 37.0 Å². The van der Waals surface area contributed by atoms with Gasteiger partial charge in [0.25, 0.3) is 0 Å². The zero-order valence-electron chi connectivity index (χ0n) is 21.2. The van der Waals surface area contributed by atoms with Crippen LogP contribution in [0.2, 0.25) is 0 Å². The number of aromatic hydroxyl groups is 1. The van der Waals surface area contributed by atoms with Crippen LogP contribution in [0.5, 0.6) is 11.5 Å². The van der Waals surface area contributed by atoms with E-state index in [-0.39, 0.29) is 17.6 Å². The standard InChI is InChI=1S/C29H30N4O5/c1-19(7-3-6-10-27(35)33-24-9-5-4-8-23(24)31)28(21-13-16-26(37-2)25(34)17-21)38-29(36)32-22-14-11-20(18-30)12-15-22/h4-6,8-17,19,28,34H,3,7,31H2,1-2H3,(H,32,36)(H,33,35)/b10-6+/t19-,28+/m1/s1. The highest BCUT2D eigenvalue weighted by Crippen LogP contribution is 2.35. The number of nitrogen functional groups attached to an aromatic ring is 1. The average Bonchev–Trinajstić information content (AvgIpc) is 2.91. The monoisotopic (exact) mass is 514 g/mol. The van der Waals surface area contributed by atoms with Gasteiger partial charge >= 0.3 is 6.09 Å². The van der Waals surface area contributed by atoms with Crippen molar-refractivity contribution >= 4 is 29.1 Å². The smallest absolute Gasteiger partial charge is 0.412 e. The number of carbonyl (C=O) groups is 2. The fourth-order valence-electron chi connectivity index (χ4n) is 3.77. The summed E-state index contributed by atoms with van der Waals surface area (Å²) in [7, 11) is 1.45. The maximum absolute atomic E-state index is 12.7. The van der Waals surface area contributed by atoms with Gasteiger partial charge in [-0.2, -0.15) is 5.26 Å². The molecule has 0 unspecified atom stereocenters. The van der Waals surface area contributed by atoms with Crippen molar-refractivity contribution in [3.05, 3.63) is 90.0 Å². The SMILES string of the molecule is COc1ccc([C@@H](OC(=O)Nc2ccc(C#N)cc2)[C@H](C)CC/C=C/C(=O)Nc2ccccc2N)cc1O. The van der Waals surface area contributed by atoms with Crippen molar-refractivity contribution in [1.29, 1.82) is 5.26 Å². The lowest BCUT2D eigenvalue weighted by atomic mass is 9.92. The molecular weight excluding hydrogens is 484 g/mol. The molecule has 3 aromatic carbocycles. The van der Waals surface area contributed by atoms with Crippen LogP contribution in [-0.4, -0.2) is 24.2 Å². The number of benzene rings is 3. The number of phenols is 1. The van der Waals surface area contributed by atoms with Gasteiger partial charge in [-0.15, -0.1) is 0 Å². The topological polar surface area (TPSA) is 147 Å². The molecule has 0 aliphatic carbocycles. The number of nitrogens with zero attached hydrogens (tertiary/aromatic N) is 1. The minimum Gasteiger partial charge on any atom is -0.504 e. The highest BCUT2D eigenvalue weighted by atomic mass is 16.6. The van der Waals surface area contributed by atoms with Gasteiger partial charge in [-0.3, -0.25) is 10.1 Å². The number of ether oxygens (including phenoxy) is 2. The van der Waals surface area contributed by atoms with Gasteiger partial charge in [0.2, 0.25) is 5.91 Å². The molecule has 0 fully saturated rings. The lowest BCUT2D eigenvalue weighted by Crippen LogP contribution is -2.22. The number of nitrogens with one attached hydrogen (secondary N) is 2. The summed E-state index contributed by atoms with van der Waals surface area (Å²) in [5.41, 5.74) is 8.41. The average molecular weight is 515 g/mol. The molecule has 196 valence electrons. The Balaban J connectivity index is 1.66. The quantitative estimate of drug-likeness (QED) is 0.199. The Morgan fingerprint density at radius 1 is 1.11 bits per heavy atom. The number of phenolic OH excluding ortho intramolecular Hbond substituents is 1. The Kier molecular flexibility index (Phi) is 9.72. The zero-order chi connectivity index (χ0) is 27.5. The van der Waals surface area contributed by atoms with E-state index < -0.39 is 12.2 Å². The molecule has 0 saturated heterocycles. The van der Waals surface area contributed by atoms with E-state index in [4.69, 9.17) is 20.5 Å². The van der Waals surface area contributed by atoms with E-state index in [2.05, 4.69) is 10.6 Å². The molecule has 3 rings (SSSR count). The lowest BCUT2D eigenvalue weighted by molar-refractivity contribution is -0.111. The number of nitriles is 1. The van der Waals surface area contributed by atoms with E-state index in [0.29, 0.717) is 46.8 Å². The summed E-state index contributed by atoms with van der Waals surface area (Å²) in [6.45, 7) is 1.92. The third kappa shape index (κ3) is 7.77. The molecule has 3 aromatic rings. The number of rotatable bonds is 10. The summed E-state index contributed by atoms with van der Waals surface area (Å²) in [6, 6.07) is 20.2. The minimum atomic E-state index is -0.698. The van der Waals surface area contributed by atoms with Crippen molar-refractivity contribution in [2.45, 2.75) is 25.9 Å². The fourth-order valence-corrected chi connectivity index (χ4v) is 3.77. The summed E-state index contributed by atoms with van der Waals surface area (Å²) >= 11 is 0. The van der Waals surface area contributed by atoms with E-state index in [9.17, 15) is 14.7 Å². The molecule has 9 nitrogen and oxygen atoms in total. The largest absolute Gasteiger partial charge is 0.504 e. The second-order valence-electron chi connectivity index (χ2n) is 8.60. The van der Waals surface area contributed by atoms with Crippen molar-refractivity contribution in [1.82, 2.24) is 0 Å². The molecule has 0 heterocycles. The number of carbonyl (C=O) groups excluding carboxylic acids is 2. The number of allylic oxidation sites excluding steroid dienone is 1. The summed E-state index contributed by atoms with van der Waals surface area (Å²) in [5, 5.41) is 24.6. The van der Waals surface area contributed by atoms with Gasteiger partial charge in [-0.05, 0) is 78.9 Å². The first kappa shape index (κ1) is 27.6. The van der Waals surface area contributed by atoms with Gasteiger partial charge in [0.05, 0.1) is 30.1 Å². The van der Waals surface area contributed by atoms with Gasteiger partial charge in [-0.25, -0.2) is 4.79 Å². The maximum Gasteiger partial charge on any atom is 0.412 e. The number of anilines is 3. The highest BCUT2D eigenvalue weighted by molar-refractivity contribution is 6.01. The van der Waals surface area contributed by atoms with Crippen molar-refractivity contribution in [3.63, 3.8) is 0 Å². The Morgan fingerprint density at radius 2 is 1.84 bits per heavy atom. The van der Waals surface area contributed by atoms with Crippen LogP contribution in [0.4, 0.5) is 21.9 Å². The van der Waals surface area contributed by atoms with Crippen molar-refractivity contribution in [2.75, 3.05) is 23.5 Å². The third-order valence-corrected chi connectivity index (χ3v) is 5.82. The molecule has 38 heavy (non-hydrogen) atoms. The van der Waals surface area contributed by atoms with Crippen LogP contribution in [0.25, 0.3) is 0 Å². The Labute approximate surface area is 221 Å². The number of hydrogen-bond donors (Lipinski definition) is 4. The first-order valence-corrected chi connectivity index (χ1v) is 12.0. The Bertz CT molecular complexity index is 1330. The van der Waals surface area contributed by atoms with E-state index >= 15 is 0 Å². The first-order chi connectivity index (χ1) is 18.3. The molecular formula is C29H30N4O5. The maximum atomic E-state index is 12.7. The zero-order valence-corrected chi connectivity index (χ0v) is 21.2. The Morgan fingerprint density at radius 3 is 2.50 bits per heavy atom. The van der Waals surface area contributed by atoms with Crippen molar-refractivity contribution in [3.8, 4) is 17.6 Å². The number of amides is 2. The third-order valence-electron chi connectivity index (χ3n) is 5.82. The van der Waals surface area contributed by atoms with Crippen LogP contribution in [0.3, 0.4) is 0 Å². The molecule has 0 aromatic heterocycles. The molecule has 5 N–H and O–H groups in total. The molecule has 2 atom stereocenters. The van der Waals surface area contributed by atoms with Crippen LogP contribution in [0.15, 0.2) is 78.9 Å². The Hall–Kier alpha value is -4.97. The summed E-state index contributed by atoms with van der Waals surface area (Å²) in [4.78, 5) is 25.0. The molecule has 0 aliphatic heterocycles. The molecule has 0 radical (unpaired) electrons. The molecule has 0 saturated carbocycles. The molecule has 2 amide bonds. The summed E-state index contributed by atoms with van der Waals surface area (Å²) in [5.74, 6) is -0.248. The molecule has 0 bridgehead atoms. The number of para-hydroxylation sites is 2.